The van der Waals surface area contributed by atoms with E-state index in [1.807, 2.05) is 37.3 Å². The summed E-state index contributed by atoms with van der Waals surface area (Å²) in [7, 11) is -3.87. The highest BCUT2D eigenvalue weighted by atomic mass is 32.2. The summed E-state index contributed by atoms with van der Waals surface area (Å²) in [6.07, 6.45) is 1.64. The van der Waals surface area contributed by atoms with Gasteiger partial charge in [-0.15, -0.1) is 0 Å². The average Bonchev–Trinajstić information content (AvgIpc) is 2.67. The molecular weight excluding hydrogens is 374 g/mol. The topological polar surface area (TPSA) is 88.2 Å². The number of aromatic nitrogens is 1. The van der Waals surface area contributed by atoms with E-state index in [0.29, 0.717) is 5.82 Å². The van der Waals surface area contributed by atoms with Gasteiger partial charge in [-0.3, -0.25) is 4.79 Å². The maximum Gasteiger partial charge on any atom is 0.243 e. The number of pyridine rings is 1. The lowest BCUT2D eigenvalue weighted by Gasteiger charge is -2.21. The van der Waals surface area contributed by atoms with E-state index in [2.05, 4.69) is 15.0 Å². The predicted molar refractivity (Wildman–Crippen MR) is 110 cm³/mol. The molecule has 1 aromatic heterocycles. The molecular formula is C21H23N3O3S. The number of fused-ring (bicyclic) bond motifs is 1. The Morgan fingerprint density at radius 2 is 1.71 bits per heavy atom. The average molecular weight is 398 g/mol. The third kappa shape index (κ3) is 4.55. The summed E-state index contributed by atoms with van der Waals surface area (Å²) in [5.74, 6) is -0.317. The molecule has 146 valence electrons. The first kappa shape index (κ1) is 20.0. The van der Waals surface area contributed by atoms with Crippen LogP contribution in [0.3, 0.4) is 0 Å². The van der Waals surface area contributed by atoms with Crippen LogP contribution in [0.5, 0.6) is 0 Å². The van der Waals surface area contributed by atoms with Crippen molar-refractivity contribution in [1.29, 1.82) is 0 Å². The van der Waals surface area contributed by atoms with Crippen molar-refractivity contribution in [3.63, 3.8) is 0 Å². The summed E-state index contributed by atoms with van der Waals surface area (Å²) in [5.41, 5.74) is 0.968. The van der Waals surface area contributed by atoms with Crippen molar-refractivity contribution < 1.29 is 13.2 Å². The SMILES string of the molecule is Cc1ccc(NC(=O)[C@@H](NS(=O)(=O)c2ccc3ccccc3c2)C(C)C)nc1. The first-order chi connectivity index (χ1) is 13.3. The normalized spacial score (nSPS) is 12.9. The summed E-state index contributed by atoms with van der Waals surface area (Å²) < 4.78 is 28.3. The number of amides is 1. The molecule has 0 aliphatic rings. The number of aryl methyl sites for hydroxylation is 1. The Morgan fingerprint density at radius 1 is 1.00 bits per heavy atom. The zero-order chi connectivity index (χ0) is 20.3. The van der Waals surface area contributed by atoms with Crippen LogP contribution >= 0.6 is 0 Å². The molecule has 0 bridgehead atoms. The lowest BCUT2D eigenvalue weighted by Crippen LogP contribution is -2.47. The molecule has 0 saturated carbocycles. The molecule has 0 fully saturated rings. The van der Waals surface area contributed by atoms with Gasteiger partial charge in [0.2, 0.25) is 15.9 Å². The minimum Gasteiger partial charge on any atom is -0.309 e. The van der Waals surface area contributed by atoms with E-state index < -0.39 is 22.0 Å². The van der Waals surface area contributed by atoms with Crippen LogP contribution in [0.2, 0.25) is 0 Å². The van der Waals surface area contributed by atoms with Crippen molar-refractivity contribution in [2.45, 2.75) is 31.7 Å². The van der Waals surface area contributed by atoms with Gasteiger partial charge in [0, 0.05) is 6.20 Å². The highest BCUT2D eigenvalue weighted by Crippen LogP contribution is 2.20. The Hall–Kier alpha value is -2.77. The maximum absolute atomic E-state index is 12.9. The van der Waals surface area contributed by atoms with Crippen molar-refractivity contribution in [3.05, 3.63) is 66.4 Å². The van der Waals surface area contributed by atoms with Crippen molar-refractivity contribution >= 4 is 32.5 Å². The van der Waals surface area contributed by atoms with Gasteiger partial charge in [0.15, 0.2) is 0 Å². The molecule has 2 aromatic carbocycles. The predicted octanol–water partition coefficient (Wildman–Crippen LogP) is 3.48. The van der Waals surface area contributed by atoms with Crippen molar-refractivity contribution in [2.24, 2.45) is 5.92 Å². The minimum absolute atomic E-state index is 0.123. The molecule has 28 heavy (non-hydrogen) atoms. The summed E-state index contributed by atoms with van der Waals surface area (Å²) in [6, 6.07) is 15.0. The first-order valence-corrected chi connectivity index (χ1v) is 10.5. The lowest BCUT2D eigenvalue weighted by atomic mass is 10.1. The number of carbonyl (C=O) groups is 1. The number of rotatable bonds is 6. The Balaban J connectivity index is 1.83. The number of sulfonamides is 1. The Kier molecular flexibility index (Phi) is 5.76. The van der Waals surface area contributed by atoms with Gasteiger partial charge in [-0.25, -0.2) is 13.4 Å². The van der Waals surface area contributed by atoms with Crippen LogP contribution in [0.25, 0.3) is 10.8 Å². The van der Waals surface area contributed by atoms with E-state index in [0.717, 1.165) is 16.3 Å². The van der Waals surface area contributed by atoms with Crippen molar-refractivity contribution in [3.8, 4) is 0 Å². The van der Waals surface area contributed by atoms with Crippen LogP contribution in [0, 0.1) is 12.8 Å². The van der Waals surface area contributed by atoms with Crippen LogP contribution in [0.15, 0.2) is 65.7 Å². The first-order valence-electron chi connectivity index (χ1n) is 9.01. The number of anilines is 1. The number of hydrogen-bond donors (Lipinski definition) is 2. The summed E-state index contributed by atoms with van der Waals surface area (Å²) in [5, 5.41) is 4.45. The molecule has 2 N–H and O–H groups in total. The van der Waals surface area contributed by atoms with Gasteiger partial charge >= 0.3 is 0 Å². The molecule has 6 nitrogen and oxygen atoms in total. The molecule has 1 atom stereocenters. The molecule has 0 aliphatic carbocycles. The maximum atomic E-state index is 12.9. The largest absolute Gasteiger partial charge is 0.309 e. The smallest absolute Gasteiger partial charge is 0.243 e. The van der Waals surface area contributed by atoms with Crippen LogP contribution in [0.4, 0.5) is 5.82 Å². The molecule has 3 aromatic rings. The van der Waals surface area contributed by atoms with E-state index in [9.17, 15) is 13.2 Å². The van der Waals surface area contributed by atoms with Crippen LogP contribution in [0.1, 0.15) is 19.4 Å². The second-order valence-electron chi connectivity index (χ2n) is 7.06. The van der Waals surface area contributed by atoms with E-state index in [-0.39, 0.29) is 10.8 Å². The van der Waals surface area contributed by atoms with Gasteiger partial charge < -0.3 is 5.32 Å². The molecule has 0 radical (unpaired) electrons. The van der Waals surface area contributed by atoms with Crippen molar-refractivity contribution in [1.82, 2.24) is 9.71 Å². The van der Waals surface area contributed by atoms with Gasteiger partial charge in [0.25, 0.3) is 0 Å². The van der Waals surface area contributed by atoms with Crippen LogP contribution in [-0.4, -0.2) is 25.4 Å². The molecule has 0 spiro atoms. The fourth-order valence-electron chi connectivity index (χ4n) is 2.81. The standard InChI is InChI=1S/C21H23N3O3S/c1-14(2)20(21(25)23-19-11-8-15(3)13-22-19)24-28(26,27)18-10-9-16-6-4-5-7-17(16)12-18/h4-14,20,24H,1-3H3,(H,22,23,25)/t20-/m0/s1. The lowest BCUT2D eigenvalue weighted by molar-refractivity contribution is -0.118. The molecule has 0 saturated heterocycles. The summed E-state index contributed by atoms with van der Waals surface area (Å²) in [4.78, 5) is 16.9. The number of nitrogens with zero attached hydrogens (tertiary/aromatic N) is 1. The Bertz CT molecular complexity index is 1090. The second kappa shape index (κ2) is 8.08. The number of benzene rings is 2. The summed E-state index contributed by atoms with van der Waals surface area (Å²) >= 11 is 0. The molecule has 1 heterocycles. The number of nitrogens with one attached hydrogen (secondary N) is 2. The van der Waals surface area contributed by atoms with Crippen LogP contribution < -0.4 is 10.0 Å². The Labute approximate surface area is 165 Å². The van der Waals surface area contributed by atoms with Gasteiger partial charge in [0.05, 0.1) is 4.90 Å². The quantitative estimate of drug-likeness (QED) is 0.666. The van der Waals surface area contributed by atoms with E-state index in [1.165, 1.54) is 0 Å². The van der Waals surface area contributed by atoms with Gasteiger partial charge in [-0.2, -0.15) is 4.72 Å². The fraction of sp³-hybridized carbons (Fsp3) is 0.238. The van der Waals surface area contributed by atoms with E-state index in [4.69, 9.17) is 0 Å². The van der Waals surface area contributed by atoms with E-state index in [1.54, 1.807) is 44.3 Å². The molecule has 0 aliphatic heterocycles. The number of carbonyl (C=O) groups excluding carboxylic acids is 1. The molecule has 0 unspecified atom stereocenters. The third-order valence-electron chi connectivity index (χ3n) is 4.43. The van der Waals surface area contributed by atoms with Gasteiger partial charge in [0.1, 0.15) is 11.9 Å². The number of hydrogen-bond acceptors (Lipinski definition) is 4. The van der Waals surface area contributed by atoms with E-state index >= 15 is 0 Å². The third-order valence-corrected chi connectivity index (χ3v) is 5.86. The highest BCUT2D eigenvalue weighted by molar-refractivity contribution is 7.89. The molecule has 1 amide bonds. The summed E-state index contributed by atoms with van der Waals surface area (Å²) in [6.45, 7) is 5.47. The minimum atomic E-state index is -3.87. The molecule has 3 rings (SSSR count). The van der Waals surface area contributed by atoms with Gasteiger partial charge in [-0.1, -0.05) is 50.2 Å². The zero-order valence-electron chi connectivity index (χ0n) is 16.0. The van der Waals surface area contributed by atoms with Gasteiger partial charge in [-0.05, 0) is 47.4 Å². The molecule has 7 heteroatoms. The monoisotopic (exact) mass is 397 g/mol. The van der Waals surface area contributed by atoms with Crippen LogP contribution in [-0.2, 0) is 14.8 Å². The fourth-order valence-corrected chi connectivity index (χ4v) is 4.19. The Morgan fingerprint density at radius 3 is 2.36 bits per heavy atom. The second-order valence-corrected chi connectivity index (χ2v) is 8.78. The van der Waals surface area contributed by atoms with Crippen molar-refractivity contribution in [2.75, 3.05) is 5.32 Å². The zero-order valence-corrected chi connectivity index (χ0v) is 16.8. The highest BCUT2D eigenvalue weighted by Gasteiger charge is 2.28.